The average molecular weight is 158 g/mol. The molecule has 0 rings (SSSR count). The highest BCUT2D eigenvalue weighted by Crippen LogP contribution is 1.95. The van der Waals surface area contributed by atoms with Crippen LogP contribution in [0.15, 0.2) is 12.7 Å². The molecule has 4 nitrogen and oxygen atoms in total. The van der Waals surface area contributed by atoms with Gasteiger partial charge in [-0.2, -0.15) is 0 Å². The lowest BCUT2D eigenvalue weighted by Gasteiger charge is -2.04. The summed E-state index contributed by atoms with van der Waals surface area (Å²) in [6.07, 6.45) is 0.175. The van der Waals surface area contributed by atoms with Gasteiger partial charge in [-0.3, -0.25) is 4.79 Å². The zero-order valence-electron chi connectivity index (χ0n) is 6.24. The Morgan fingerprint density at radius 3 is 2.64 bits per heavy atom. The summed E-state index contributed by atoms with van der Waals surface area (Å²) in [5.41, 5.74) is 0. The average Bonchev–Trinajstić information content (AvgIpc) is 1.86. The molecular formula is C7H10O4. The van der Waals surface area contributed by atoms with Crippen molar-refractivity contribution in [3.8, 4) is 0 Å². The Morgan fingerprint density at radius 2 is 2.27 bits per heavy atom. The minimum absolute atomic E-state index is 0.0894. The molecule has 0 saturated carbocycles. The molecule has 1 N–H and O–H groups in total. The molecule has 0 amide bonds. The van der Waals surface area contributed by atoms with Gasteiger partial charge in [-0.05, 0) is 0 Å². The number of carbonyl (C=O) groups excluding carboxylic acids is 2. The molecule has 0 bridgehead atoms. The molecule has 0 fully saturated rings. The second-order valence-electron chi connectivity index (χ2n) is 1.95. The van der Waals surface area contributed by atoms with Gasteiger partial charge in [0, 0.05) is 13.3 Å². The number of aliphatic hydroxyl groups excluding tert-OH is 1. The molecule has 0 radical (unpaired) electrons. The molecule has 4 heteroatoms. The van der Waals surface area contributed by atoms with Crippen LogP contribution in [0.2, 0.25) is 0 Å². The van der Waals surface area contributed by atoms with Crippen LogP contribution in [-0.2, 0) is 14.3 Å². The third kappa shape index (κ3) is 4.27. The Balaban J connectivity index is 3.82. The Hall–Kier alpha value is -1.16. The normalized spacial score (nSPS) is 11.8. The topological polar surface area (TPSA) is 63.6 Å². The molecule has 0 aromatic carbocycles. The fourth-order valence-electron chi connectivity index (χ4n) is 0.464. The largest absolute Gasteiger partial charge is 0.391 e. The molecule has 0 aliphatic rings. The van der Waals surface area contributed by atoms with Crippen molar-refractivity contribution in [1.29, 1.82) is 0 Å². The van der Waals surface area contributed by atoms with E-state index in [9.17, 15) is 9.59 Å². The number of carbonyl (C=O) groups is 2. The first-order valence-electron chi connectivity index (χ1n) is 3.09. The predicted molar refractivity (Wildman–Crippen MR) is 37.6 cm³/mol. The molecule has 0 saturated heterocycles. The Bertz CT molecular complexity index is 173. The van der Waals surface area contributed by atoms with Gasteiger partial charge in [-0.15, -0.1) is 6.58 Å². The van der Waals surface area contributed by atoms with E-state index < -0.39 is 18.0 Å². The minimum atomic E-state index is -1.28. The molecule has 1 atom stereocenters. The van der Waals surface area contributed by atoms with E-state index in [1.807, 2.05) is 0 Å². The fourth-order valence-corrected chi connectivity index (χ4v) is 0.464. The van der Waals surface area contributed by atoms with Crippen molar-refractivity contribution in [2.45, 2.75) is 19.4 Å². The van der Waals surface area contributed by atoms with Crippen molar-refractivity contribution >= 4 is 11.9 Å². The maximum atomic E-state index is 10.6. The molecule has 0 heterocycles. The number of hydrogen-bond donors (Lipinski definition) is 1. The molecule has 0 aliphatic carbocycles. The quantitative estimate of drug-likeness (QED) is 0.357. The number of rotatable bonds is 3. The molecule has 1 unspecified atom stereocenters. The molecule has 0 spiro atoms. The second-order valence-corrected chi connectivity index (χ2v) is 1.95. The second kappa shape index (κ2) is 4.62. The molecule has 11 heavy (non-hydrogen) atoms. The summed E-state index contributed by atoms with van der Waals surface area (Å²) < 4.78 is 4.09. The maximum Gasteiger partial charge on any atom is 0.342 e. The van der Waals surface area contributed by atoms with Crippen LogP contribution < -0.4 is 0 Å². The monoisotopic (exact) mass is 158 g/mol. The van der Waals surface area contributed by atoms with Gasteiger partial charge < -0.3 is 9.84 Å². The minimum Gasteiger partial charge on any atom is -0.391 e. The van der Waals surface area contributed by atoms with Gasteiger partial charge in [0.15, 0.2) is 6.10 Å². The number of ether oxygens (including phenoxy) is 1. The third-order valence-electron chi connectivity index (χ3n) is 0.906. The van der Waals surface area contributed by atoms with E-state index >= 15 is 0 Å². The van der Waals surface area contributed by atoms with Crippen LogP contribution in [0.3, 0.4) is 0 Å². The van der Waals surface area contributed by atoms with Gasteiger partial charge in [0.1, 0.15) is 0 Å². The zero-order chi connectivity index (χ0) is 8.85. The zero-order valence-corrected chi connectivity index (χ0v) is 6.24. The van der Waals surface area contributed by atoms with E-state index in [2.05, 4.69) is 11.3 Å². The highest BCUT2D eigenvalue weighted by atomic mass is 16.6. The molecule has 0 aromatic rings. The van der Waals surface area contributed by atoms with Gasteiger partial charge in [0.25, 0.3) is 0 Å². The van der Waals surface area contributed by atoms with Crippen LogP contribution >= 0.6 is 0 Å². The first-order chi connectivity index (χ1) is 5.07. The van der Waals surface area contributed by atoms with Crippen LogP contribution in [0.1, 0.15) is 13.3 Å². The summed E-state index contributed by atoms with van der Waals surface area (Å²) in [4.78, 5) is 20.8. The van der Waals surface area contributed by atoms with Crippen molar-refractivity contribution in [1.82, 2.24) is 0 Å². The number of hydrogen-bond acceptors (Lipinski definition) is 4. The van der Waals surface area contributed by atoms with Crippen LogP contribution in [0, 0.1) is 0 Å². The third-order valence-corrected chi connectivity index (χ3v) is 0.906. The van der Waals surface area contributed by atoms with Crippen molar-refractivity contribution in [2.75, 3.05) is 0 Å². The summed E-state index contributed by atoms with van der Waals surface area (Å²) >= 11 is 0. The molecule has 62 valence electrons. The highest BCUT2D eigenvalue weighted by Gasteiger charge is 2.16. The first-order valence-corrected chi connectivity index (χ1v) is 3.09. The lowest BCUT2D eigenvalue weighted by Crippen LogP contribution is -2.24. The van der Waals surface area contributed by atoms with Gasteiger partial charge in [-0.25, -0.2) is 4.79 Å². The molecular weight excluding hydrogens is 148 g/mol. The van der Waals surface area contributed by atoms with Gasteiger partial charge in [0.05, 0.1) is 0 Å². The Kier molecular flexibility index (Phi) is 4.14. The number of aliphatic hydroxyl groups is 1. The SMILES string of the molecule is C=CCC(O)C(=O)OC(C)=O. The van der Waals surface area contributed by atoms with Crippen LogP contribution in [0.5, 0.6) is 0 Å². The Morgan fingerprint density at radius 1 is 1.73 bits per heavy atom. The predicted octanol–water partition coefficient (Wildman–Crippen LogP) is 0.0131. The van der Waals surface area contributed by atoms with E-state index in [1.165, 1.54) is 6.08 Å². The van der Waals surface area contributed by atoms with Gasteiger partial charge >= 0.3 is 11.9 Å². The fraction of sp³-hybridized carbons (Fsp3) is 0.429. The summed E-state index contributed by atoms with van der Waals surface area (Å²) in [6.45, 7) is 4.41. The smallest absolute Gasteiger partial charge is 0.342 e. The van der Waals surface area contributed by atoms with Crippen molar-refractivity contribution in [3.63, 3.8) is 0 Å². The van der Waals surface area contributed by atoms with E-state index in [-0.39, 0.29) is 6.42 Å². The highest BCUT2D eigenvalue weighted by molar-refractivity contribution is 5.86. The lowest BCUT2D eigenvalue weighted by atomic mass is 10.2. The first kappa shape index (κ1) is 9.84. The van der Waals surface area contributed by atoms with E-state index in [4.69, 9.17) is 5.11 Å². The van der Waals surface area contributed by atoms with E-state index in [0.29, 0.717) is 0 Å². The van der Waals surface area contributed by atoms with Crippen molar-refractivity contribution < 1.29 is 19.4 Å². The van der Waals surface area contributed by atoms with Crippen molar-refractivity contribution in [2.24, 2.45) is 0 Å². The maximum absolute atomic E-state index is 10.6. The van der Waals surface area contributed by atoms with Crippen molar-refractivity contribution in [3.05, 3.63) is 12.7 Å². The van der Waals surface area contributed by atoms with E-state index in [0.717, 1.165) is 6.92 Å². The molecule has 0 aromatic heterocycles. The van der Waals surface area contributed by atoms with E-state index in [1.54, 1.807) is 0 Å². The van der Waals surface area contributed by atoms with Crippen LogP contribution in [0.25, 0.3) is 0 Å². The van der Waals surface area contributed by atoms with Crippen LogP contribution in [0.4, 0.5) is 0 Å². The lowest BCUT2D eigenvalue weighted by molar-refractivity contribution is -0.164. The van der Waals surface area contributed by atoms with Gasteiger partial charge in [-0.1, -0.05) is 6.08 Å². The summed E-state index contributed by atoms with van der Waals surface area (Å²) in [5.74, 6) is -1.66. The molecule has 0 aliphatic heterocycles. The number of esters is 2. The van der Waals surface area contributed by atoms with Gasteiger partial charge in [0.2, 0.25) is 0 Å². The summed E-state index contributed by atoms with van der Waals surface area (Å²) in [7, 11) is 0. The summed E-state index contributed by atoms with van der Waals surface area (Å²) in [5, 5.41) is 8.87. The summed E-state index contributed by atoms with van der Waals surface area (Å²) in [6, 6.07) is 0. The van der Waals surface area contributed by atoms with Crippen LogP contribution in [-0.4, -0.2) is 23.1 Å². The standard InChI is InChI=1S/C7H10O4/c1-3-4-6(9)7(10)11-5(2)8/h3,6,9H,1,4H2,2H3. The Labute approximate surface area is 64.5 Å².